The van der Waals surface area contributed by atoms with E-state index >= 15 is 0 Å². The summed E-state index contributed by atoms with van der Waals surface area (Å²) in [5.74, 6) is 0.0823. The molecule has 0 aliphatic heterocycles. The van der Waals surface area contributed by atoms with Crippen molar-refractivity contribution in [1.82, 2.24) is 0 Å². The van der Waals surface area contributed by atoms with Gasteiger partial charge in [0, 0.05) is 5.02 Å². The SMILES string of the molecule is COc1c(Cl)cc(Cl)cc1NS(=O)(=O)Cc1ccccc1. The summed E-state index contributed by atoms with van der Waals surface area (Å²) in [5, 5.41) is 0.556. The van der Waals surface area contributed by atoms with Crippen molar-refractivity contribution in [2.75, 3.05) is 11.8 Å². The minimum Gasteiger partial charge on any atom is -0.493 e. The molecule has 0 aliphatic carbocycles. The lowest BCUT2D eigenvalue weighted by molar-refractivity contribution is 0.417. The third kappa shape index (κ3) is 4.27. The molecule has 0 radical (unpaired) electrons. The third-order valence-electron chi connectivity index (χ3n) is 2.68. The first kappa shape index (κ1) is 15.9. The average Bonchev–Trinajstić information content (AvgIpc) is 2.38. The molecule has 0 saturated heterocycles. The van der Waals surface area contributed by atoms with Gasteiger partial charge in [-0.15, -0.1) is 0 Å². The van der Waals surface area contributed by atoms with Crippen LogP contribution in [0.4, 0.5) is 5.69 Å². The molecule has 0 heterocycles. The molecule has 0 atom stereocenters. The summed E-state index contributed by atoms with van der Waals surface area (Å²) in [6.07, 6.45) is 0. The fourth-order valence-corrected chi connectivity index (χ4v) is 3.60. The minimum absolute atomic E-state index is 0.152. The lowest BCUT2D eigenvalue weighted by Crippen LogP contribution is -2.15. The summed E-state index contributed by atoms with van der Waals surface area (Å²) < 4.78 is 32.0. The van der Waals surface area contributed by atoms with E-state index in [-0.39, 0.29) is 22.2 Å². The lowest BCUT2D eigenvalue weighted by Gasteiger charge is -2.13. The predicted octanol–water partition coefficient (Wildman–Crippen LogP) is 3.94. The number of hydrogen-bond donors (Lipinski definition) is 1. The van der Waals surface area contributed by atoms with Crippen LogP contribution in [0.3, 0.4) is 0 Å². The van der Waals surface area contributed by atoms with E-state index < -0.39 is 10.0 Å². The molecule has 0 saturated carbocycles. The van der Waals surface area contributed by atoms with E-state index in [4.69, 9.17) is 27.9 Å². The lowest BCUT2D eigenvalue weighted by atomic mass is 10.2. The van der Waals surface area contributed by atoms with Gasteiger partial charge in [-0.05, 0) is 17.7 Å². The highest BCUT2D eigenvalue weighted by Gasteiger charge is 2.17. The molecule has 0 bridgehead atoms. The Bertz CT molecular complexity index is 733. The molecule has 0 unspecified atom stereocenters. The second kappa shape index (κ2) is 6.56. The number of anilines is 1. The first-order valence-corrected chi connectivity index (χ1v) is 8.39. The van der Waals surface area contributed by atoms with Gasteiger partial charge in [0.2, 0.25) is 10.0 Å². The van der Waals surface area contributed by atoms with Crippen LogP contribution < -0.4 is 9.46 Å². The van der Waals surface area contributed by atoms with Crippen molar-refractivity contribution in [3.05, 3.63) is 58.1 Å². The Morgan fingerprint density at radius 1 is 1.14 bits per heavy atom. The first-order valence-electron chi connectivity index (χ1n) is 5.99. The van der Waals surface area contributed by atoms with E-state index in [1.54, 1.807) is 24.3 Å². The van der Waals surface area contributed by atoms with Crippen LogP contribution in [0.2, 0.25) is 10.0 Å². The van der Waals surface area contributed by atoms with E-state index in [9.17, 15) is 8.42 Å². The van der Waals surface area contributed by atoms with Crippen molar-refractivity contribution in [1.29, 1.82) is 0 Å². The normalized spacial score (nSPS) is 11.2. The molecule has 2 rings (SSSR count). The van der Waals surface area contributed by atoms with Crippen molar-refractivity contribution in [3.63, 3.8) is 0 Å². The highest BCUT2D eigenvalue weighted by Crippen LogP contribution is 2.36. The van der Waals surface area contributed by atoms with Crippen molar-refractivity contribution in [2.24, 2.45) is 0 Å². The Hall–Kier alpha value is -1.43. The summed E-state index contributed by atoms with van der Waals surface area (Å²) in [5.41, 5.74) is 0.892. The molecular formula is C14H13Cl2NO3S. The number of benzene rings is 2. The zero-order valence-corrected chi connectivity index (χ0v) is 13.5. The zero-order chi connectivity index (χ0) is 15.5. The fourth-order valence-electron chi connectivity index (χ4n) is 1.84. The van der Waals surface area contributed by atoms with Gasteiger partial charge >= 0.3 is 0 Å². The Morgan fingerprint density at radius 3 is 2.43 bits per heavy atom. The molecule has 4 nitrogen and oxygen atoms in total. The molecule has 0 fully saturated rings. The number of rotatable bonds is 5. The topological polar surface area (TPSA) is 55.4 Å². The highest BCUT2D eigenvalue weighted by molar-refractivity contribution is 7.91. The van der Waals surface area contributed by atoms with Crippen LogP contribution in [0, 0.1) is 0 Å². The van der Waals surface area contributed by atoms with Crippen molar-refractivity contribution in [3.8, 4) is 5.75 Å². The van der Waals surface area contributed by atoms with Gasteiger partial charge in [-0.25, -0.2) is 8.42 Å². The number of nitrogens with one attached hydrogen (secondary N) is 1. The number of hydrogen-bond acceptors (Lipinski definition) is 3. The monoisotopic (exact) mass is 345 g/mol. The molecule has 7 heteroatoms. The summed E-state index contributed by atoms with van der Waals surface area (Å²) in [6, 6.07) is 11.8. The fraction of sp³-hybridized carbons (Fsp3) is 0.143. The average molecular weight is 346 g/mol. The van der Waals surface area contributed by atoms with Gasteiger partial charge in [-0.2, -0.15) is 0 Å². The first-order chi connectivity index (χ1) is 9.91. The van der Waals surface area contributed by atoms with Crippen LogP contribution in [0.5, 0.6) is 5.75 Å². The summed E-state index contributed by atoms with van der Waals surface area (Å²) in [6.45, 7) is 0. The Balaban J connectivity index is 2.29. The van der Waals surface area contributed by atoms with Crippen LogP contribution in [0.25, 0.3) is 0 Å². The van der Waals surface area contributed by atoms with Crippen LogP contribution in [0.15, 0.2) is 42.5 Å². The van der Waals surface area contributed by atoms with Gasteiger partial charge in [0.25, 0.3) is 0 Å². The van der Waals surface area contributed by atoms with Crippen LogP contribution in [-0.4, -0.2) is 15.5 Å². The van der Waals surface area contributed by atoms with Crippen LogP contribution in [0.1, 0.15) is 5.56 Å². The Morgan fingerprint density at radius 2 is 1.81 bits per heavy atom. The molecule has 0 aliphatic rings. The number of halogens is 2. The molecule has 2 aromatic carbocycles. The number of sulfonamides is 1. The Kier molecular flexibility index (Phi) is 4.98. The van der Waals surface area contributed by atoms with E-state index in [0.29, 0.717) is 10.6 Å². The van der Waals surface area contributed by atoms with Crippen LogP contribution >= 0.6 is 23.2 Å². The number of ether oxygens (including phenoxy) is 1. The van der Waals surface area contributed by atoms with E-state index in [2.05, 4.69) is 4.72 Å². The van der Waals surface area contributed by atoms with E-state index in [0.717, 1.165) is 0 Å². The second-order valence-electron chi connectivity index (χ2n) is 4.32. The molecule has 0 spiro atoms. The van der Waals surface area contributed by atoms with E-state index in [1.807, 2.05) is 6.07 Å². The third-order valence-corrected chi connectivity index (χ3v) is 4.42. The molecule has 0 amide bonds. The quantitative estimate of drug-likeness (QED) is 0.892. The molecular weight excluding hydrogens is 333 g/mol. The van der Waals surface area contributed by atoms with Gasteiger partial charge in [0.1, 0.15) is 0 Å². The standard InChI is InChI=1S/C14H13Cl2NO3S/c1-20-14-12(16)7-11(15)8-13(14)17-21(18,19)9-10-5-3-2-4-6-10/h2-8,17H,9H2,1H3. The van der Waals surface area contributed by atoms with Crippen LogP contribution in [-0.2, 0) is 15.8 Å². The summed E-state index contributed by atoms with van der Waals surface area (Å²) in [4.78, 5) is 0. The maximum atomic E-state index is 12.2. The Labute approximate surface area is 133 Å². The molecule has 1 N–H and O–H groups in total. The van der Waals surface area contributed by atoms with Gasteiger partial charge in [0.15, 0.2) is 5.75 Å². The van der Waals surface area contributed by atoms with Crippen molar-refractivity contribution < 1.29 is 13.2 Å². The van der Waals surface area contributed by atoms with Gasteiger partial charge in [0.05, 0.1) is 23.6 Å². The maximum absolute atomic E-state index is 12.2. The van der Waals surface area contributed by atoms with Gasteiger partial charge < -0.3 is 4.74 Å². The molecule has 21 heavy (non-hydrogen) atoms. The van der Waals surface area contributed by atoms with Gasteiger partial charge in [-0.1, -0.05) is 53.5 Å². The largest absolute Gasteiger partial charge is 0.493 e. The smallest absolute Gasteiger partial charge is 0.237 e. The molecule has 0 aromatic heterocycles. The molecule has 2 aromatic rings. The summed E-state index contributed by atoms with van der Waals surface area (Å²) >= 11 is 11.9. The van der Waals surface area contributed by atoms with Crippen molar-refractivity contribution in [2.45, 2.75) is 5.75 Å². The minimum atomic E-state index is -3.60. The van der Waals surface area contributed by atoms with E-state index in [1.165, 1.54) is 19.2 Å². The molecule has 112 valence electrons. The predicted molar refractivity (Wildman–Crippen MR) is 85.7 cm³/mol. The summed E-state index contributed by atoms with van der Waals surface area (Å²) in [7, 11) is -2.19. The maximum Gasteiger partial charge on any atom is 0.237 e. The van der Waals surface area contributed by atoms with Gasteiger partial charge in [-0.3, -0.25) is 4.72 Å². The van der Waals surface area contributed by atoms with Crippen molar-refractivity contribution >= 4 is 38.9 Å². The number of methoxy groups -OCH3 is 1. The highest BCUT2D eigenvalue weighted by atomic mass is 35.5. The second-order valence-corrected chi connectivity index (χ2v) is 6.88. The zero-order valence-electron chi connectivity index (χ0n) is 11.1.